The molecule has 1 unspecified atom stereocenters. The van der Waals surface area contributed by atoms with E-state index in [1.807, 2.05) is 31.4 Å². The summed E-state index contributed by atoms with van der Waals surface area (Å²) in [5, 5.41) is 8.96. The van der Waals surface area contributed by atoms with Crippen LogP contribution in [0.3, 0.4) is 0 Å². The molecule has 5 aromatic rings. The number of aromatic nitrogens is 3. The molecule has 1 aliphatic heterocycles. The van der Waals surface area contributed by atoms with Gasteiger partial charge in [-0.1, -0.05) is 24.3 Å². The maximum absolute atomic E-state index is 15.8. The number of likely N-dealkylation sites (tertiary alicyclic amines) is 1. The third-order valence-electron chi connectivity index (χ3n) is 8.39. The highest BCUT2D eigenvalue weighted by Crippen LogP contribution is 2.29. The summed E-state index contributed by atoms with van der Waals surface area (Å²) < 4.78 is 48.3. The summed E-state index contributed by atoms with van der Waals surface area (Å²) in [7, 11) is 1.31. The van der Waals surface area contributed by atoms with Crippen LogP contribution in [0.2, 0.25) is 0 Å². The molecule has 50 heavy (non-hydrogen) atoms. The molecule has 3 aromatic carbocycles. The van der Waals surface area contributed by atoms with Gasteiger partial charge in [-0.05, 0) is 75.2 Å². The molecule has 1 saturated heterocycles. The Hall–Kier alpha value is -5.83. The molecule has 0 radical (unpaired) electrons. The third kappa shape index (κ3) is 7.42. The zero-order chi connectivity index (χ0) is 35.6. The van der Waals surface area contributed by atoms with Gasteiger partial charge in [0.15, 0.2) is 0 Å². The Bertz CT molecular complexity index is 2130. The van der Waals surface area contributed by atoms with Crippen LogP contribution < -0.4 is 4.74 Å². The van der Waals surface area contributed by atoms with E-state index >= 15 is 4.39 Å². The number of carbonyl (C=O) groups is 2. The highest BCUT2D eigenvalue weighted by molar-refractivity contribution is 5.93. The van der Waals surface area contributed by atoms with Crippen molar-refractivity contribution in [1.82, 2.24) is 19.4 Å². The molecule has 256 valence electrons. The van der Waals surface area contributed by atoms with Crippen molar-refractivity contribution in [2.75, 3.05) is 13.7 Å². The Morgan fingerprint density at radius 2 is 1.76 bits per heavy atom. The Morgan fingerprint density at radius 1 is 0.980 bits per heavy atom. The van der Waals surface area contributed by atoms with Crippen LogP contribution in [-0.2, 0) is 29.0 Å². The van der Waals surface area contributed by atoms with Crippen LogP contribution in [0.4, 0.5) is 13.6 Å². The molecule has 6 rings (SSSR count). The van der Waals surface area contributed by atoms with Crippen LogP contribution in [-0.4, -0.2) is 56.8 Å². The van der Waals surface area contributed by atoms with Gasteiger partial charge in [-0.2, -0.15) is 5.26 Å². The zero-order valence-electron chi connectivity index (χ0n) is 28.1. The Labute approximate surface area is 287 Å². The largest absolute Gasteiger partial charge is 0.473 e. The number of nitriles is 1. The molecule has 3 heterocycles. The fraction of sp³-hybridized carbons (Fsp3) is 0.289. The fourth-order valence-corrected chi connectivity index (χ4v) is 5.72. The molecule has 0 saturated carbocycles. The van der Waals surface area contributed by atoms with Crippen LogP contribution in [0.5, 0.6) is 5.88 Å². The lowest BCUT2D eigenvalue weighted by molar-refractivity contribution is -0.00818. The van der Waals surface area contributed by atoms with E-state index in [1.165, 1.54) is 25.3 Å². The van der Waals surface area contributed by atoms with Crippen LogP contribution in [0.15, 0.2) is 72.8 Å². The number of fused-ring (bicyclic) bond motifs is 1. The summed E-state index contributed by atoms with van der Waals surface area (Å²) in [5.74, 6) is -0.724. The molecule has 0 aliphatic carbocycles. The smallest absolute Gasteiger partial charge is 0.410 e. The van der Waals surface area contributed by atoms with E-state index in [0.29, 0.717) is 52.3 Å². The first-order chi connectivity index (χ1) is 23.9. The van der Waals surface area contributed by atoms with Gasteiger partial charge < -0.3 is 23.7 Å². The van der Waals surface area contributed by atoms with E-state index in [0.717, 1.165) is 12.5 Å². The molecular weight excluding hydrogens is 644 g/mol. The number of amides is 1. The van der Waals surface area contributed by atoms with Crippen molar-refractivity contribution in [3.8, 4) is 23.2 Å². The van der Waals surface area contributed by atoms with Crippen LogP contribution in [0.25, 0.3) is 22.3 Å². The van der Waals surface area contributed by atoms with E-state index in [2.05, 4.69) is 4.98 Å². The minimum absolute atomic E-state index is 0.0974. The number of pyridine rings is 1. The topological polar surface area (TPSA) is 120 Å². The second kappa shape index (κ2) is 14.0. The highest BCUT2D eigenvalue weighted by atomic mass is 19.1. The fourth-order valence-electron chi connectivity index (χ4n) is 5.72. The van der Waals surface area contributed by atoms with Crippen molar-refractivity contribution in [2.24, 2.45) is 0 Å². The SMILES string of the molecule is COC(=O)c1ccc2nc(Cc3ccc(-c4cccc(OCc5ccc(C#N)cc5F)n4)cc3F)n(CC3CCN3C(=O)OC(C)(C)C)c2c1. The molecule has 2 aromatic heterocycles. The van der Waals surface area contributed by atoms with Crippen LogP contribution in [0, 0.1) is 23.0 Å². The minimum atomic E-state index is -0.640. The van der Waals surface area contributed by atoms with Crippen LogP contribution in [0.1, 0.15) is 60.1 Å². The molecule has 1 fully saturated rings. The number of hydrogen-bond donors (Lipinski definition) is 0. The summed E-state index contributed by atoms with van der Waals surface area (Å²) in [5.41, 5.74) is 2.84. The normalized spacial score (nSPS) is 14.2. The first-order valence-corrected chi connectivity index (χ1v) is 16.1. The first kappa shape index (κ1) is 34.0. The number of halogens is 2. The minimum Gasteiger partial charge on any atom is -0.473 e. The standard InChI is InChI=1S/C38H35F2N5O5/c1-38(2,3)50-37(47)44-15-14-28(44)21-45-33-18-26(36(46)48-4)12-13-32(33)42-34(45)19-24-10-11-25(17-30(24)40)31-6-5-7-35(43-31)49-22-27-9-8-23(20-41)16-29(27)39/h5-13,16-18,28H,14-15,19,21-22H2,1-4H3. The van der Waals surface area contributed by atoms with Gasteiger partial charge in [0.1, 0.15) is 29.7 Å². The van der Waals surface area contributed by atoms with Gasteiger partial charge in [-0.25, -0.2) is 28.3 Å². The van der Waals surface area contributed by atoms with Gasteiger partial charge in [-0.3, -0.25) is 0 Å². The van der Waals surface area contributed by atoms with E-state index in [9.17, 15) is 14.0 Å². The Kier molecular flexibility index (Phi) is 9.50. The molecule has 0 N–H and O–H groups in total. The van der Waals surface area contributed by atoms with Crippen LogP contribution >= 0.6 is 0 Å². The van der Waals surface area contributed by atoms with Crippen molar-refractivity contribution < 1.29 is 32.6 Å². The highest BCUT2D eigenvalue weighted by Gasteiger charge is 2.36. The number of ether oxygens (including phenoxy) is 3. The number of carbonyl (C=O) groups excluding carboxylic acids is 2. The van der Waals surface area contributed by atoms with Gasteiger partial charge in [0, 0.05) is 36.7 Å². The van der Waals surface area contributed by atoms with Crippen molar-refractivity contribution in [3.05, 3.63) is 113 Å². The molecule has 1 aliphatic rings. The number of imidazole rings is 1. The van der Waals surface area contributed by atoms with E-state index < -0.39 is 29.3 Å². The summed E-state index contributed by atoms with van der Waals surface area (Å²) in [6.45, 7) is 6.28. The second-order valence-electron chi connectivity index (χ2n) is 13.0. The lowest BCUT2D eigenvalue weighted by Gasteiger charge is -2.41. The van der Waals surface area contributed by atoms with E-state index in [-0.39, 0.29) is 36.1 Å². The summed E-state index contributed by atoms with van der Waals surface area (Å²) >= 11 is 0. The quantitative estimate of drug-likeness (QED) is 0.150. The average molecular weight is 680 g/mol. The summed E-state index contributed by atoms with van der Waals surface area (Å²) in [6.07, 6.45) is 0.484. The number of rotatable bonds is 9. The molecule has 12 heteroatoms. The number of nitrogens with zero attached hydrogens (tertiary/aromatic N) is 5. The number of hydrogen-bond acceptors (Lipinski definition) is 8. The average Bonchev–Trinajstić information content (AvgIpc) is 3.41. The molecular formula is C38H35F2N5O5. The molecule has 1 atom stereocenters. The van der Waals surface area contributed by atoms with Crippen molar-refractivity contribution in [1.29, 1.82) is 5.26 Å². The van der Waals surface area contributed by atoms with Gasteiger partial charge in [0.25, 0.3) is 0 Å². The predicted octanol–water partition coefficient (Wildman–Crippen LogP) is 7.21. The lowest BCUT2D eigenvalue weighted by Crippen LogP contribution is -2.54. The van der Waals surface area contributed by atoms with Crippen molar-refractivity contribution in [3.63, 3.8) is 0 Å². The molecule has 0 bridgehead atoms. The monoisotopic (exact) mass is 679 g/mol. The summed E-state index contributed by atoms with van der Waals surface area (Å²) in [4.78, 5) is 36.2. The Balaban J connectivity index is 1.24. The molecule has 0 spiro atoms. The Morgan fingerprint density at radius 3 is 2.44 bits per heavy atom. The van der Waals surface area contributed by atoms with Gasteiger partial charge in [0.05, 0.1) is 47.1 Å². The van der Waals surface area contributed by atoms with Gasteiger partial charge in [-0.15, -0.1) is 0 Å². The number of benzene rings is 3. The number of methoxy groups -OCH3 is 1. The lowest BCUT2D eigenvalue weighted by atomic mass is 10.0. The summed E-state index contributed by atoms with van der Waals surface area (Å²) in [6, 6.07) is 20.8. The van der Waals surface area contributed by atoms with Gasteiger partial charge >= 0.3 is 12.1 Å². The van der Waals surface area contributed by atoms with Crippen molar-refractivity contribution in [2.45, 2.75) is 58.4 Å². The second-order valence-corrected chi connectivity index (χ2v) is 13.0. The first-order valence-electron chi connectivity index (χ1n) is 16.1. The van der Waals surface area contributed by atoms with E-state index in [1.54, 1.807) is 53.4 Å². The third-order valence-corrected chi connectivity index (χ3v) is 8.39. The predicted molar refractivity (Wildman–Crippen MR) is 180 cm³/mol. The van der Waals surface area contributed by atoms with Gasteiger partial charge in [0.2, 0.25) is 5.88 Å². The number of esters is 1. The maximum atomic E-state index is 15.8. The van der Waals surface area contributed by atoms with E-state index in [4.69, 9.17) is 24.5 Å². The van der Waals surface area contributed by atoms with Crippen molar-refractivity contribution >= 4 is 23.1 Å². The molecule has 1 amide bonds. The zero-order valence-corrected chi connectivity index (χ0v) is 28.1. The maximum Gasteiger partial charge on any atom is 0.410 e. The molecule has 10 nitrogen and oxygen atoms in total.